The lowest BCUT2D eigenvalue weighted by atomic mass is 9.90. The van der Waals surface area contributed by atoms with Crippen LogP contribution in [-0.4, -0.2) is 52.2 Å². The average Bonchev–Trinajstić information content (AvgIpc) is 3.02. The summed E-state index contributed by atoms with van der Waals surface area (Å²) in [5, 5.41) is 10.4. The maximum Gasteiger partial charge on any atom is 0.211 e. The molecule has 8 heteroatoms. The minimum Gasteiger partial charge on any atom is -0.345 e. The van der Waals surface area contributed by atoms with Crippen molar-refractivity contribution in [1.29, 1.82) is 0 Å². The topological polar surface area (TPSA) is 91.8 Å². The van der Waals surface area contributed by atoms with Gasteiger partial charge in [0.15, 0.2) is 5.65 Å². The van der Waals surface area contributed by atoms with Crippen molar-refractivity contribution in [3.05, 3.63) is 30.2 Å². The van der Waals surface area contributed by atoms with Crippen molar-refractivity contribution in [3.8, 4) is 0 Å². The van der Waals surface area contributed by atoms with Crippen LogP contribution in [0.4, 0.5) is 0 Å². The van der Waals surface area contributed by atoms with Crippen LogP contribution in [0.2, 0.25) is 0 Å². The van der Waals surface area contributed by atoms with E-state index in [0.717, 1.165) is 40.3 Å². The number of fused-ring (bicyclic) bond motifs is 3. The highest BCUT2D eigenvalue weighted by Gasteiger charge is 2.28. The molecule has 0 amide bonds. The summed E-state index contributed by atoms with van der Waals surface area (Å²) in [7, 11) is -3.17. The number of pyridine rings is 1. The maximum atomic E-state index is 11.9. The van der Waals surface area contributed by atoms with E-state index < -0.39 is 10.0 Å². The number of sulfonamides is 1. The Morgan fingerprint density at radius 2 is 2.17 bits per heavy atom. The lowest BCUT2D eigenvalue weighted by Crippen LogP contribution is -2.38. The fraction of sp³-hybridized carbons (Fsp3) is 0.400. The smallest absolute Gasteiger partial charge is 0.211 e. The predicted octanol–water partition coefficient (Wildman–Crippen LogP) is 1.65. The van der Waals surface area contributed by atoms with E-state index in [1.165, 1.54) is 6.26 Å². The van der Waals surface area contributed by atoms with E-state index in [2.05, 4.69) is 20.2 Å². The zero-order valence-electron chi connectivity index (χ0n) is 12.7. The third kappa shape index (κ3) is 2.47. The van der Waals surface area contributed by atoms with E-state index in [1.54, 1.807) is 10.5 Å². The Balaban J connectivity index is 1.86. The van der Waals surface area contributed by atoms with E-state index in [4.69, 9.17) is 0 Å². The van der Waals surface area contributed by atoms with Crippen LogP contribution in [0.1, 0.15) is 24.3 Å². The highest BCUT2D eigenvalue weighted by molar-refractivity contribution is 7.88. The summed E-state index contributed by atoms with van der Waals surface area (Å²) < 4.78 is 25.3. The first-order chi connectivity index (χ1) is 11.0. The predicted molar refractivity (Wildman–Crippen MR) is 87.6 cm³/mol. The van der Waals surface area contributed by atoms with Gasteiger partial charge in [-0.15, -0.1) is 10.2 Å². The van der Waals surface area contributed by atoms with Gasteiger partial charge in [0, 0.05) is 36.3 Å². The van der Waals surface area contributed by atoms with Crippen LogP contribution in [0.3, 0.4) is 0 Å². The summed E-state index contributed by atoms with van der Waals surface area (Å²) in [6.45, 7) is 1.08. The Hall–Kier alpha value is -2.06. The van der Waals surface area contributed by atoms with Gasteiger partial charge in [-0.05, 0) is 30.4 Å². The van der Waals surface area contributed by atoms with Gasteiger partial charge in [0.2, 0.25) is 10.0 Å². The molecule has 4 heterocycles. The van der Waals surface area contributed by atoms with E-state index in [-0.39, 0.29) is 5.92 Å². The molecular weight excluding hydrogens is 314 g/mol. The van der Waals surface area contributed by atoms with Crippen molar-refractivity contribution in [1.82, 2.24) is 24.5 Å². The Labute approximate surface area is 133 Å². The average molecular weight is 331 g/mol. The molecule has 1 aliphatic rings. The molecule has 3 aromatic heterocycles. The van der Waals surface area contributed by atoms with Gasteiger partial charge in [0.05, 0.1) is 12.5 Å². The normalized spacial score (nSPS) is 20.3. The van der Waals surface area contributed by atoms with Crippen LogP contribution < -0.4 is 0 Å². The first-order valence-corrected chi connectivity index (χ1v) is 9.41. The molecule has 1 atom stereocenters. The Bertz CT molecular complexity index is 982. The van der Waals surface area contributed by atoms with Crippen LogP contribution in [0.5, 0.6) is 0 Å². The molecule has 23 heavy (non-hydrogen) atoms. The van der Waals surface area contributed by atoms with Gasteiger partial charge in [-0.2, -0.15) is 0 Å². The van der Waals surface area contributed by atoms with Crippen molar-refractivity contribution >= 4 is 32.0 Å². The molecule has 0 radical (unpaired) electrons. The van der Waals surface area contributed by atoms with E-state index in [9.17, 15) is 8.42 Å². The van der Waals surface area contributed by atoms with Crippen LogP contribution >= 0.6 is 0 Å². The molecule has 1 fully saturated rings. The molecule has 0 saturated carbocycles. The molecule has 1 unspecified atom stereocenters. The third-order valence-electron chi connectivity index (χ3n) is 4.50. The fourth-order valence-electron chi connectivity index (χ4n) is 3.39. The summed E-state index contributed by atoms with van der Waals surface area (Å²) in [6, 6.07) is 1.98. The highest BCUT2D eigenvalue weighted by atomic mass is 32.2. The minimum atomic E-state index is -3.17. The first-order valence-electron chi connectivity index (χ1n) is 7.56. The number of aromatic amines is 1. The summed E-state index contributed by atoms with van der Waals surface area (Å²) >= 11 is 0. The molecular formula is C15H17N5O2S. The highest BCUT2D eigenvalue weighted by Crippen LogP contribution is 2.34. The van der Waals surface area contributed by atoms with Crippen molar-refractivity contribution < 1.29 is 8.42 Å². The van der Waals surface area contributed by atoms with Crippen molar-refractivity contribution in [2.75, 3.05) is 19.3 Å². The molecule has 3 aromatic rings. The van der Waals surface area contributed by atoms with Crippen LogP contribution in [0, 0.1) is 0 Å². The molecule has 4 rings (SSSR count). The number of H-pyrrole nitrogens is 1. The van der Waals surface area contributed by atoms with Crippen molar-refractivity contribution in [2.45, 2.75) is 18.8 Å². The zero-order chi connectivity index (χ0) is 16.0. The molecule has 0 aliphatic carbocycles. The van der Waals surface area contributed by atoms with E-state index in [1.807, 2.05) is 18.5 Å². The largest absolute Gasteiger partial charge is 0.345 e. The molecule has 0 spiro atoms. The Morgan fingerprint density at radius 1 is 1.30 bits per heavy atom. The second-order valence-electron chi connectivity index (χ2n) is 6.02. The monoisotopic (exact) mass is 331 g/mol. The molecule has 1 N–H and O–H groups in total. The Morgan fingerprint density at radius 3 is 3.00 bits per heavy atom. The van der Waals surface area contributed by atoms with Crippen LogP contribution in [0.15, 0.2) is 24.7 Å². The van der Waals surface area contributed by atoms with Gasteiger partial charge in [-0.25, -0.2) is 12.7 Å². The number of hydrogen-bond donors (Lipinski definition) is 1. The van der Waals surface area contributed by atoms with Crippen LogP contribution in [-0.2, 0) is 10.0 Å². The zero-order valence-corrected chi connectivity index (χ0v) is 13.5. The van der Waals surface area contributed by atoms with E-state index >= 15 is 0 Å². The third-order valence-corrected chi connectivity index (χ3v) is 5.77. The number of nitrogens with one attached hydrogen (secondary N) is 1. The molecule has 0 bridgehead atoms. The van der Waals surface area contributed by atoms with Gasteiger partial charge < -0.3 is 4.98 Å². The SMILES string of the molecule is CS(=O)(=O)N1CCCC(c2cncc3nnc4[nH]ccc4c23)C1. The number of nitrogens with zero attached hydrogens (tertiary/aromatic N) is 4. The van der Waals surface area contributed by atoms with Gasteiger partial charge in [-0.3, -0.25) is 4.98 Å². The molecule has 120 valence electrons. The lowest BCUT2D eigenvalue weighted by molar-refractivity contribution is 0.318. The standard InChI is InChI=1S/C15H17N5O2S/c1-23(21,22)20-6-2-3-10(9-20)12-7-16-8-13-14(12)11-4-5-17-15(11)19-18-13/h4-5,7-8,10H,2-3,6,9H2,1H3,(H,17,19). The molecule has 1 aliphatic heterocycles. The number of aromatic nitrogens is 4. The Kier molecular flexibility index (Phi) is 3.31. The second kappa shape index (κ2) is 5.24. The molecule has 0 aromatic carbocycles. The summed E-state index contributed by atoms with van der Waals surface area (Å²) in [4.78, 5) is 7.36. The lowest BCUT2D eigenvalue weighted by Gasteiger charge is -2.31. The van der Waals surface area contributed by atoms with Crippen LogP contribution in [0.25, 0.3) is 21.9 Å². The van der Waals surface area contributed by atoms with Crippen molar-refractivity contribution in [2.24, 2.45) is 0 Å². The number of rotatable bonds is 2. The maximum absolute atomic E-state index is 11.9. The molecule has 7 nitrogen and oxygen atoms in total. The molecule has 1 saturated heterocycles. The summed E-state index contributed by atoms with van der Waals surface area (Å²) in [6.07, 6.45) is 8.45. The van der Waals surface area contributed by atoms with Gasteiger partial charge >= 0.3 is 0 Å². The summed E-state index contributed by atoms with van der Waals surface area (Å²) in [5.41, 5.74) is 2.53. The van der Waals surface area contributed by atoms with Crippen molar-refractivity contribution in [3.63, 3.8) is 0 Å². The summed E-state index contributed by atoms with van der Waals surface area (Å²) in [5.74, 6) is 0.122. The van der Waals surface area contributed by atoms with Gasteiger partial charge in [-0.1, -0.05) is 0 Å². The second-order valence-corrected chi connectivity index (χ2v) is 8.01. The van der Waals surface area contributed by atoms with Gasteiger partial charge in [0.25, 0.3) is 0 Å². The van der Waals surface area contributed by atoms with Gasteiger partial charge in [0.1, 0.15) is 5.52 Å². The number of piperidine rings is 1. The van der Waals surface area contributed by atoms with E-state index in [0.29, 0.717) is 13.1 Å². The quantitative estimate of drug-likeness (QED) is 0.771. The number of hydrogen-bond acceptors (Lipinski definition) is 5. The minimum absolute atomic E-state index is 0.122. The first kappa shape index (κ1) is 14.5. The fourth-order valence-corrected chi connectivity index (χ4v) is 4.30.